The van der Waals surface area contributed by atoms with Crippen molar-refractivity contribution in [2.45, 2.75) is 6.92 Å². The highest BCUT2D eigenvalue weighted by Crippen LogP contribution is 2.35. The number of anilines is 2. The second-order valence-corrected chi connectivity index (χ2v) is 6.00. The van der Waals surface area contributed by atoms with Gasteiger partial charge in [0.15, 0.2) is 5.56 Å². The predicted molar refractivity (Wildman–Crippen MR) is 99.3 cm³/mol. The van der Waals surface area contributed by atoms with Gasteiger partial charge in [0, 0.05) is 10.6 Å². The molecule has 0 aliphatic heterocycles. The maximum absolute atomic E-state index is 12.4. The molecule has 0 saturated carbocycles. The van der Waals surface area contributed by atoms with Crippen molar-refractivity contribution in [3.8, 4) is 17.0 Å². The lowest BCUT2D eigenvalue weighted by Gasteiger charge is -2.10. The van der Waals surface area contributed by atoms with Crippen molar-refractivity contribution >= 4 is 29.1 Å². The van der Waals surface area contributed by atoms with Crippen LogP contribution in [0.4, 0.5) is 11.6 Å². The molecule has 0 saturated heterocycles. The van der Waals surface area contributed by atoms with Crippen LogP contribution in [0.25, 0.3) is 11.3 Å². The van der Waals surface area contributed by atoms with Crippen LogP contribution in [-0.2, 0) is 4.74 Å². The average Bonchev–Trinajstić information content (AvgIpc) is 3.05. The third-order valence-corrected chi connectivity index (χ3v) is 4.02. The molecular weight excluding hydrogens is 356 g/mol. The van der Waals surface area contributed by atoms with E-state index in [1.54, 1.807) is 31.4 Å². The SMILES string of the molecule is COC(=O)c1c(-c2cccc(Cl)c2)noc1Nc1cc(C)ccc1OC. The van der Waals surface area contributed by atoms with Crippen molar-refractivity contribution in [2.75, 3.05) is 19.5 Å². The van der Waals surface area contributed by atoms with Crippen LogP contribution >= 0.6 is 11.6 Å². The summed E-state index contributed by atoms with van der Waals surface area (Å²) in [5, 5.41) is 7.62. The van der Waals surface area contributed by atoms with E-state index >= 15 is 0 Å². The monoisotopic (exact) mass is 372 g/mol. The van der Waals surface area contributed by atoms with Gasteiger partial charge in [-0.15, -0.1) is 0 Å². The first kappa shape index (κ1) is 17.8. The van der Waals surface area contributed by atoms with E-state index in [0.29, 0.717) is 27.7 Å². The van der Waals surface area contributed by atoms with Crippen molar-refractivity contribution in [3.05, 3.63) is 58.6 Å². The van der Waals surface area contributed by atoms with Gasteiger partial charge in [0.2, 0.25) is 5.88 Å². The summed E-state index contributed by atoms with van der Waals surface area (Å²) >= 11 is 6.05. The van der Waals surface area contributed by atoms with Gasteiger partial charge in [-0.3, -0.25) is 0 Å². The van der Waals surface area contributed by atoms with E-state index in [1.165, 1.54) is 7.11 Å². The van der Waals surface area contributed by atoms with Gasteiger partial charge in [0.25, 0.3) is 0 Å². The molecule has 3 rings (SSSR count). The van der Waals surface area contributed by atoms with Gasteiger partial charge in [0.05, 0.1) is 19.9 Å². The second-order valence-electron chi connectivity index (χ2n) is 5.57. The lowest BCUT2D eigenvalue weighted by molar-refractivity contribution is 0.0602. The molecule has 0 unspecified atom stereocenters. The Bertz CT molecular complexity index is 952. The normalized spacial score (nSPS) is 10.5. The van der Waals surface area contributed by atoms with Gasteiger partial charge in [-0.05, 0) is 36.8 Å². The lowest BCUT2D eigenvalue weighted by Crippen LogP contribution is -2.05. The molecule has 0 radical (unpaired) electrons. The molecule has 0 spiro atoms. The highest BCUT2D eigenvalue weighted by Gasteiger charge is 2.26. The first-order valence-electron chi connectivity index (χ1n) is 7.79. The number of aryl methyl sites for hydroxylation is 1. The summed E-state index contributed by atoms with van der Waals surface area (Å²) in [5.41, 5.74) is 2.83. The van der Waals surface area contributed by atoms with Gasteiger partial charge in [-0.25, -0.2) is 4.79 Å². The molecule has 1 N–H and O–H groups in total. The molecule has 3 aromatic rings. The fourth-order valence-electron chi connectivity index (χ4n) is 2.54. The van der Waals surface area contributed by atoms with Crippen LogP contribution in [-0.4, -0.2) is 25.3 Å². The fourth-order valence-corrected chi connectivity index (χ4v) is 2.73. The van der Waals surface area contributed by atoms with Gasteiger partial charge < -0.3 is 19.3 Å². The van der Waals surface area contributed by atoms with Crippen LogP contribution in [0.15, 0.2) is 47.0 Å². The molecule has 0 aliphatic carbocycles. The number of hydrogen-bond acceptors (Lipinski definition) is 6. The topological polar surface area (TPSA) is 73.6 Å². The average molecular weight is 373 g/mol. The number of nitrogens with zero attached hydrogens (tertiary/aromatic N) is 1. The number of aromatic nitrogens is 1. The third kappa shape index (κ3) is 3.50. The van der Waals surface area contributed by atoms with Gasteiger partial charge in [-0.2, -0.15) is 0 Å². The van der Waals surface area contributed by atoms with Crippen LogP contribution in [0, 0.1) is 6.92 Å². The molecular formula is C19H17ClN2O4. The molecule has 0 amide bonds. The minimum Gasteiger partial charge on any atom is -0.495 e. The predicted octanol–water partition coefficient (Wildman–Crippen LogP) is 4.84. The molecule has 0 fully saturated rings. The Kier molecular flexibility index (Phi) is 5.14. The van der Waals surface area contributed by atoms with Gasteiger partial charge in [-0.1, -0.05) is 35.0 Å². The van der Waals surface area contributed by atoms with E-state index in [2.05, 4.69) is 10.5 Å². The maximum Gasteiger partial charge on any atom is 0.345 e. The number of rotatable bonds is 5. The Hall–Kier alpha value is -2.99. The van der Waals surface area contributed by atoms with Crippen molar-refractivity contribution < 1.29 is 18.8 Å². The smallest absolute Gasteiger partial charge is 0.345 e. The van der Waals surface area contributed by atoms with Crippen LogP contribution in [0.2, 0.25) is 5.02 Å². The zero-order chi connectivity index (χ0) is 18.7. The summed E-state index contributed by atoms with van der Waals surface area (Å²) in [6.45, 7) is 1.95. The second kappa shape index (κ2) is 7.49. The highest BCUT2D eigenvalue weighted by molar-refractivity contribution is 6.30. The highest BCUT2D eigenvalue weighted by atomic mass is 35.5. The Morgan fingerprint density at radius 3 is 2.69 bits per heavy atom. The molecule has 1 heterocycles. The van der Waals surface area contributed by atoms with E-state index in [1.807, 2.05) is 25.1 Å². The number of methoxy groups -OCH3 is 2. The Balaban J connectivity index is 2.09. The molecule has 6 nitrogen and oxygen atoms in total. The number of hydrogen-bond donors (Lipinski definition) is 1. The fraction of sp³-hybridized carbons (Fsp3) is 0.158. The zero-order valence-electron chi connectivity index (χ0n) is 14.5. The van der Waals surface area contributed by atoms with Crippen LogP contribution in [0.3, 0.4) is 0 Å². The first-order valence-corrected chi connectivity index (χ1v) is 8.17. The lowest BCUT2D eigenvalue weighted by atomic mass is 10.1. The molecule has 26 heavy (non-hydrogen) atoms. The van der Waals surface area contributed by atoms with Gasteiger partial charge >= 0.3 is 5.97 Å². The zero-order valence-corrected chi connectivity index (χ0v) is 15.3. The summed E-state index contributed by atoms with van der Waals surface area (Å²) in [4.78, 5) is 12.4. The summed E-state index contributed by atoms with van der Waals surface area (Å²) in [7, 11) is 2.86. The van der Waals surface area contributed by atoms with Crippen molar-refractivity contribution in [1.82, 2.24) is 5.16 Å². The van der Waals surface area contributed by atoms with E-state index in [-0.39, 0.29) is 11.4 Å². The molecule has 134 valence electrons. The van der Waals surface area contributed by atoms with E-state index in [4.69, 9.17) is 25.6 Å². The van der Waals surface area contributed by atoms with Crippen molar-refractivity contribution in [1.29, 1.82) is 0 Å². The van der Waals surface area contributed by atoms with E-state index in [0.717, 1.165) is 5.56 Å². The van der Waals surface area contributed by atoms with Crippen LogP contribution in [0.5, 0.6) is 5.75 Å². The summed E-state index contributed by atoms with van der Waals surface area (Å²) in [6, 6.07) is 12.6. The summed E-state index contributed by atoms with van der Waals surface area (Å²) in [6.07, 6.45) is 0. The molecule has 7 heteroatoms. The maximum atomic E-state index is 12.4. The standard InChI is InChI=1S/C19H17ClN2O4/c1-11-7-8-15(24-2)14(9-11)21-18-16(19(23)25-3)17(22-26-18)12-5-4-6-13(20)10-12/h4-10,21H,1-3H3. The Morgan fingerprint density at radius 1 is 1.19 bits per heavy atom. The van der Waals surface area contributed by atoms with Crippen LogP contribution < -0.4 is 10.1 Å². The number of nitrogens with one attached hydrogen (secondary N) is 1. The number of halogens is 1. The number of carbonyl (C=O) groups excluding carboxylic acids is 1. The molecule has 0 aliphatic rings. The quantitative estimate of drug-likeness (QED) is 0.646. The van der Waals surface area contributed by atoms with Crippen LogP contribution in [0.1, 0.15) is 15.9 Å². The molecule has 2 aromatic carbocycles. The van der Waals surface area contributed by atoms with E-state index < -0.39 is 5.97 Å². The van der Waals surface area contributed by atoms with Crippen molar-refractivity contribution in [3.63, 3.8) is 0 Å². The summed E-state index contributed by atoms with van der Waals surface area (Å²) in [5.74, 6) is 0.193. The number of ether oxygens (including phenoxy) is 2. The number of carbonyl (C=O) groups is 1. The van der Waals surface area contributed by atoms with Crippen molar-refractivity contribution in [2.24, 2.45) is 0 Å². The Labute approximate surface area is 155 Å². The third-order valence-electron chi connectivity index (χ3n) is 3.78. The molecule has 0 atom stereocenters. The number of esters is 1. The van der Waals surface area contributed by atoms with Gasteiger partial charge in [0.1, 0.15) is 11.4 Å². The summed E-state index contributed by atoms with van der Waals surface area (Å²) < 4.78 is 15.6. The molecule has 0 bridgehead atoms. The largest absolute Gasteiger partial charge is 0.495 e. The minimum atomic E-state index is -0.574. The first-order chi connectivity index (χ1) is 12.5. The number of benzene rings is 2. The minimum absolute atomic E-state index is 0.163. The van der Waals surface area contributed by atoms with E-state index in [9.17, 15) is 4.79 Å². The molecule has 1 aromatic heterocycles. The Morgan fingerprint density at radius 2 is 2.00 bits per heavy atom.